The van der Waals surface area contributed by atoms with E-state index in [9.17, 15) is 0 Å². The van der Waals surface area contributed by atoms with Crippen molar-refractivity contribution in [2.45, 2.75) is 25.3 Å². The lowest BCUT2D eigenvalue weighted by Gasteiger charge is -2.24. The second-order valence-corrected chi connectivity index (χ2v) is 5.44. The number of hydrogen-bond acceptors (Lipinski definition) is 5. The fourth-order valence-corrected chi connectivity index (χ4v) is 3.14. The van der Waals surface area contributed by atoms with Gasteiger partial charge in [-0.25, -0.2) is 4.98 Å². The highest BCUT2D eigenvalue weighted by Crippen LogP contribution is 2.28. The van der Waals surface area contributed by atoms with Gasteiger partial charge in [0.15, 0.2) is 5.82 Å². The minimum atomic E-state index is 0.291. The van der Waals surface area contributed by atoms with Gasteiger partial charge in [-0.3, -0.25) is 4.90 Å². The van der Waals surface area contributed by atoms with Gasteiger partial charge < -0.3 is 10.6 Å². The molecule has 5 nitrogen and oxygen atoms in total. The molecular weight excluding hydrogens is 250 g/mol. The van der Waals surface area contributed by atoms with E-state index in [4.69, 9.17) is 17.3 Å². The van der Waals surface area contributed by atoms with E-state index in [0.29, 0.717) is 17.0 Å². The molecule has 0 aromatic carbocycles. The Kier molecular flexibility index (Phi) is 3.26. The monoisotopic (exact) mass is 267 g/mol. The average molecular weight is 268 g/mol. The van der Waals surface area contributed by atoms with E-state index in [2.05, 4.69) is 19.8 Å². The van der Waals surface area contributed by atoms with Crippen molar-refractivity contribution in [2.75, 3.05) is 36.8 Å². The third-order valence-corrected chi connectivity index (χ3v) is 4.13. The summed E-state index contributed by atoms with van der Waals surface area (Å²) in [5.74, 6) is 1.07. The van der Waals surface area contributed by atoms with Gasteiger partial charge in [-0.1, -0.05) is 11.6 Å². The number of nitrogen functional groups attached to an aromatic ring is 1. The molecule has 3 heterocycles. The molecular formula is C12H18ClN5. The van der Waals surface area contributed by atoms with Crippen LogP contribution in [0.5, 0.6) is 0 Å². The minimum Gasteiger partial charge on any atom is -0.368 e. The first kappa shape index (κ1) is 12.0. The van der Waals surface area contributed by atoms with E-state index in [-0.39, 0.29) is 0 Å². The van der Waals surface area contributed by atoms with Crippen LogP contribution in [0.15, 0.2) is 6.20 Å². The van der Waals surface area contributed by atoms with Crippen LogP contribution in [0.3, 0.4) is 0 Å². The Morgan fingerprint density at radius 3 is 2.83 bits per heavy atom. The Bertz CT molecular complexity index is 432. The molecule has 0 spiro atoms. The van der Waals surface area contributed by atoms with Gasteiger partial charge in [0, 0.05) is 19.1 Å². The van der Waals surface area contributed by atoms with Crippen molar-refractivity contribution in [1.82, 2.24) is 14.9 Å². The Hall–Kier alpha value is -1.07. The second kappa shape index (κ2) is 4.90. The molecule has 0 aliphatic carbocycles. The van der Waals surface area contributed by atoms with Crippen LogP contribution >= 0.6 is 11.6 Å². The first-order valence-electron chi connectivity index (χ1n) is 6.51. The quantitative estimate of drug-likeness (QED) is 0.878. The van der Waals surface area contributed by atoms with Crippen molar-refractivity contribution in [3.05, 3.63) is 11.2 Å². The smallest absolute Gasteiger partial charge is 0.222 e. The number of aromatic nitrogens is 2. The molecule has 2 fully saturated rings. The van der Waals surface area contributed by atoms with Crippen molar-refractivity contribution >= 4 is 23.4 Å². The fourth-order valence-electron chi connectivity index (χ4n) is 2.93. The van der Waals surface area contributed by atoms with Crippen molar-refractivity contribution in [3.63, 3.8) is 0 Å². The fraction of sp³-hybridized carbons (Fsp3) is 0.667. The van der Waals surface area contributed by atoms with Gasteiger partial charge in [0.05, 0.1) is 6.20 Å². The van der Waals surface area contributed by atoms with E-state index >= 15 is 0 Å². The summed E-state index contributed by atoms with van der Waals surface area (Å²) >= 11 is 6.15. The Morgan fingerprint density at radius 2 is 2.06 bits per heavy atom. The summed E-state index contributed by atoms with van der Waals surface area (Å²) in [6, 6.07) is 0.639. The summed E-state index contributed by atoms with van der Waals surface area (Å²) in [6.07, 6.45) is 5.43. The highest BCUT2D eigenvalue weighted by molar-refractivity contribution is 6.32. The molecule has 1 aromatic rings. The highest BCUT2D eigenvalue weighted by Gasteiger charge is 2.30. The number of rotatable bonds is 2. The van der Waals surface area contributed by atoms with Gasteiger partial charge in [0.25, 0.3) is 0 Å². The molecule has 1 aromatic heterocycles. The molecule has 6 heteroatoms. The van der Waals surface area contributed by atoms with Crippen LogP contribution in [-0.2, 0) is 0 Å². The van der Waals surface area contributed by atoms with Crippen LogP contribution < -0.4 is 10.6 Å². The lowest BCUT2D eigenvalue weighted by Crippen LogP contribution is -2.35. The Balaban J connectivity index is 1.72. The topological polar surface area (TPSA) is 58.3 Å². The molecule has 0 amide bonds. The second-order valence-electron chi connectivity index (χ2n) is 5.03. The SMILES string of the molecule is Nc1ncc(Cl)c(N2CCC(N3CCCC3)C2)n1. The van der Waals surface area contributed by atoms with Gasteiger partial charge in [-0.2, -0.15) is 4.98 Å². The summed E-state index contributed by atoms with van der Waals surface area (Å²) in [5, 5.41) is 0.589. The molecule has 3 rings (SSSR count). The Morgan fingerprint density at radius 1 is 1.28 bits per heavy atom. The average Bonchev–Trinajstić information content (AvgIpc) is 3.00. The van der Waals surface area contributed by atoms with E-state index in [1.165, 1.54) is 32.4 Å². The third kappa shape index (κ3) is 2.24. The molecule has 18 heavy (non-hydrogen) atoms. The van der Waals surface area contributed by atoms with Crippen LogP contribution in [0.4, 0.5) is 11.8 Å². The molecule has 1 unspecified atom stereocenters. The van der Waals surface area contributed by atoms with E-state index in [1.807, 2.05) is 0 Å². The van der Waals surface area contributed by atoms with Crippen LogP contribution in [0, 0.1) is 0 Å². The maximum atomic E-state index is 6.15. The van der Waals surface area contributed by atoms with E-state index in [1.54, 1.807) is 6.20 Å². The van der Waals surface area contributed by atoms with Gasteiger partial charge in [0.2, 0.25) is 5.95 Å². The van der Waals surface area contributed by atoms with Crippen LogP contribution in [0.25, 0.3) is 0 Å². The van der Waals surface area contributed by atoms with Crippen molar-refractivity contribution in [2.24, 2.45) is 0 Å². The lowest BCUT2D eigenvalue weighted by molar-refractivity contribution is 0.260. The molecule has 2 aliphatic heterocycles. The third-order valence-electron chi connectivity index (χ3n) is 3.86. The highest BCUT2D eigenvalue weighted by atomic mass is 35.5. The first-order valence-corrected chi connectivity index (χ1v) is 6.89. The Labute approximate surface area is 112 Å². The predicted molar refractivity (Wildman–Crippen MR) is 72.9 cm³/mol. The minimum absolute atomic E-state index is 0.291. The number of nitrogens with two attached hydrogens (primary N) is 1. The normalized spacial score (nSPS) is 24.9. The first-order chi connectivity index (χ1) is 8.74. The summed E-state index contributed by atoms with van der Waals surface area (Å²) in [6.45, 7) is 4.46. The zero-order valence-electron chi connectivity index (χ0n) is 10.3. The van der Waals surface area contributed by atoms with Crippen molar-refractivity contribution in [1.29, 1.82) is 0 Å². The summed E-state index contributed by atoms with van der Waals surface area (Å²) < 4.78 is 0. The van der Waals surface area contributed by atoms with Crippen molar-refractivity contribution < 1.29 is 0 Å². The van der Waals surface area contributed by atoms with Crippen LogP contribution in [0.1, 0.15) is 19.3 Å². The molecule has 2 N–H and O–H groups in total. The van der Waals surface area contributed by atoms with Gasteiger partial charge in [-0.15, -0.1) is 0 Å². The number of halogens is 1. The molecule has 2 saturated heterocycles. The molecule has 1 atom stereocenters. The lowest BCUT2D eigenvalue weighted by atomic mass is 10.2. The van der Waals surface area contributed by atoms with Gasteiger partial charge in [-0.05, 0) is 32.4 Å². The number of hydrogen-bond donors (Lipinski definition) is 1. The van der Waals surface area contributed by atoms with E-state index < -0.39 is 0 Å². The number of likely N-dealkylation sites (tertiary alicyclic amines) is 1. The zero-order chi connectivity index (χ0) is 12.5. The summed E-state index contributed by atoms with van der Waals surface area (Å²) in [5.41, 5.74) is 5.63. The number of anilines is 2. The molecule has 2 aliphatic rings. The van der Waals surface area contributed by atoms with Gasteiger partial charge >= 0.3 is 0 Å². The summed E-state index contributed by atoms with van der Waals surface area (Å²) in [7, 11) is 0. The van der Waals surface area contributed by atoms with E-state index in [0.717, 1.165) is 18.9 Å². The van der Waals surface area contributed by atoms with Crippen LogP contribution in [0.2, 0.25) is 5.02 Å². The van der Waals surface area contributed by atoms with Crippen LogP contribution in [-0.4, -0.2) is 47.1 Å². The maximum absolute atomic E-state index is 6.15. The molecule has 98 valence electrons. The maximum Gasteiger partial charge on any atom is 0.222 e. The zero-order valence-corrected chi connectivity index (χ0v) is 11.1. The number of nitrogens with zero attached hydrogens (tertiary/aromatic N) is 4. The predicted octanol–water partition coefficient (Wildman–Crippen LogP) is 1.39. The summed E-state index contributed by atoms with van der Waals surface area (Å²) in [4.78, 5) is 13.0. The van der Waals surface area contributed by atoms with Crippen molar-refractivity contribution in [3.8, 4) is 0 Å². The largest absolute Gasteiger partial charge is 0.368 e. The van der Waals surface area contributed by atoms with Gasteiger partial charge in [0.1, 0.15) is 5.02 Å². The standard InChI is InChI=1S/C12H18ClN5/c13-10-7-15-12(14)16-11(10)18-6-3-9(8-18)17-4-1-2-5-17/h7,9H,1-6,8H2,(H2,14,15,16). The molecule has 0 saturated carbocycles. The molecule has 0 bridgehead atoms. The molecule has 0 radical (unpaired) electrons.